The SMILES string of the molecule is COc1ncc(F)cc1S(=O)(=O)Cc1ccc(C#N)c(-c2ccc3c(C(=O)NCCCO)[nH]nc3c2F)c1F. The van der Waals surface area contributed by atoms with Crippen LogP contribution in [-0.4, -0.2) is 54.9 Å². The third-order valence-electron chi connectivity index (χ3n) is 5.78. The summed E-state index contributed by atoms with van der Waals surface area (Å²) in [6.45, 7) is 0.0300. The molecule has 0 radical (unpaired) electrons. The Balaban J connectivity index is 1.79. The number of halogens is 3. The zero-order valence-electron chi connectivity index (χ0n) is 20.3. The van der Waals surface area contributed by atoms with Gasteiger partial charge in [0.25, 0.3) is 5.91 Å². The summed E-state index contributed by atoms with van der Waals surface area (Å²) in [5, 5.41) is 27.3. The zero-order valence-corrected chi connectivity index (χ0v) is 21.1. The number of hydrogen-bond acceptors (Lipinski definition) is 8. The normalized spacial score (nSPS) is 11.4. The van der Waals surface area contributed by atoms with E-state index >= 15 is 8.78 Å². The van der Waals surface area contributed by atoms with Crippen molar-refractivity contribution >= 4 is 26.6 Å². The van der Waals surface area contributed by atoms with Gasteiger partial charge in [-0.1, -0.05) is 12.1 Å². The lowest BCUT2D eigenvalue weighted by atomic mass is 9.95. The molecular weight excluding hydrogens is 539 g/mol. The van der Waals surface area contributed by atoms with Crippen LogP contribution in [0.25, 0.3) is 22.0 Å². The lowest BCUT2D eigenvalue weighted by molar-refractivity contribution is 0.0947. The second-order valence-electron chi connectivity index (χ2n) is 8.25. The fourth-order valence-electron chi connectivity index (χ4n) is 3.94. The fourth-order valence-corrected chi connectivity index (χ4v) is 5.42. The van der Waals surface area contributed by atoms with E-state index in [1.807, 2.05) is 0 Å². The van der Waals surface area contributed by atoms with Crippen molar-refractivity contribution in [3.63, 3.8) is 0 Å². The molecule has 2 aromatic carbocycles. The van der Waals surface area contributed by atoms with Crippen LogP contribution >= 0.6 is 0 Å². The lowest BCUT2D eigenvalue weighted by Gasteiger charge is -2.13. The molecule has 4 rings (SSSR count). The Kier molecular flexibility index (Phi) is 7.84. The third-order valence-corrected chi connectivity index (χ3v) is 7.44. The van der Waals surface area contributed by atoms with E-state index in [1.165, 1.54) is 6.07 Å². The van der Waals surface area contributed by atoms with E-state index in [0.717, 1.165) is 31.5 Å². The van der Waals surface area contributed by atoms with Gasteiger partial charge in [-0.15, -0.1) is 0 Å². The largest absolute Gasteiger partial charge is 0.480 e. The van der Waals surface area contributed by atoms with Crippen LogP contribution in [0, 0.1) is 28.8 Å². The summed E-state index contributed by atoms with van der Waals surface area (Å²) in [6.07, 6.45) is 1.07. The number of H-pyrrole nitrogens is 1. The minimum atomic E-state index is -4.40. The molecule has 0 atom stereocenters. The summed E-state index contributed by atoms with van der Waals surface area (Å²) in [5.41, 5.74) is -1.97. The number of aromatic amines is 1. The summed E-state index contributed by atoms with van der Waals surface area (Å²) in [6, 6.07) is 7.11. The van der Waals surface area contributed by atoms with E-state index in [2.05, 4.69) is 20.5 Å². The van der Waals surface area contributed by atoms with Gasteiger partial charge in [0.1, 0.15) is 27.7 Å². The molecule has 39 heavy (non-hydrogen) atoms. The molecule has 4 aromatic rings. The van der Waals surface area contributed by atoms with Crippen molar-refractivity contribution < 1.29 is 36.2 Å². The average Bonchev–Trinajstić information content (AvgIpc) is 3.35. The van der Waals surface area contributed by atoms with Crippen LogP contribution in [0.2, 0.25) is 0 Å². The molecule has 0 bridgehead atoms. The fraction of sp³-hybridized carbons (Fsp3) is 0.200. The number of carbonyl (C=O) groups excluding carboxylic acids is 1. The number of nitrogens with zero attached hydrogens (tertiary/aromatic N) is 3. The number of pyridine rings is 1. The standard InChI is InChI=1S/C25H20F3N5O5S/c1-38-25-18(9-15(26)11-31-25)39(36,37)12-14-4-3-13(10-29)19(20(14)27)16-5-6-17-22(21(16)28)32-33-23(17)24(35)30-7-2-8-34/h3-6,9,11,34H,2,7-8,12H2,1H3,(H,30,35)(H,32,33). The van der Waals surface area contributed by atoms with Crippen molar-refractivity contribution in [2.75, 3.05) is 20.3 Å². The molecule has 2 aromatic heterocycles. The zero-order chi connectivity index (χ0) is 28.3. The van der Waals surface area contributed by atoms with Crippen LogP contribution in [0.15, 0.2) is 41.4 Å². The maximum Gasteiger partial charge on any atom is 0.269 e. The van der Waals surface area contributed by atoms with Crippen molar-refractivity contribution in [3.8, 4) is 23.1 Å². The second-order valence-corrected chi connectivity index (χ2v) is 10.2. The first-order valence-electron chi connectivity index (χ1n) is 11.3. The quantitative estimate of drug-likeness (QED) is 0.264. The number of methoxy groups -OCH3 is 1. The van der Waals surface area contributed by atoms with Gasteiger partial charge >= 0.3 is 0 Å². The van der Waals surface area contributed by atoms with Gasteiger partial charge in [0.15, 0.2) is 15.7 Å². The van der Waals surface area contributed by atoms with Crippen LogP contribution in [0.3, 0.4) is 0 Å². The molecule has 202 valence electrons. The molecule has 0 saturated carbocycles. The number of sulfone groups is 1. The van der Waals surface area contributed by atoms with Gasteiger partial charge in [0.05, 0.1) is 30.7 Å². The Morgan fingerprint density at radius 3 is 2.67 bits per heavy atom. The number of aliphatic hydroxyl groups is 1. The number of benzene rings is 2. The number of amides is 1. The molecule has 0 spiro atoms. The summed E-state index contributed by atoms with van der Waals surface area (Å²) < 4.78 is 76.1. The number of nitriles is 1. The van der Waals surface area contributed by atoms with Crippen molar-refractivity contribution in [1.82, 2.24) is 20.5 Å². The minimum Gasteiger partial charge on any atom is -0.480 e. The van der Waals surface area contributed by atoms with Crippen LogP contribution in [0.5, 0.6) is 5.88 Å². The van der Waals surface area contributed by atoms with Crippen molar-refractivity contribution in [1.29, 1.82) is 5.26 Å². The Morgan fingerprint density at radius 1 is 1.21 bits per heavy atom. The molecule has 0 aliphatic rings. The van der Waals surface area contributed by atoms with E-state index in [1.54, 1.807) is 6.07 Å². The predicted molar refractivity (Wildman–Crippen MR) is 132 cm³/mol. The molecule has 1 amide bonds. The monoisotopic (exact) mass is 559 g/mol. The number of aromatic nitrogens is 3. The van der Waals surface area contributed by atoms with Crippen LogP contribution in [-0.2, 0) is 15.6 Å². The van der Waals surface area contributed by atoms with Gasteiger partial charge in [0.2, 0.25) is 5.88 Å². The lowest BCUT2D eigenvalue weighted by Crippen LogP contribution is -2.25. The molecule has 0 aliphatic heterocycles. The maximum absolute atomic E-state index is 15.8. The molecule has 0 fully saturated rings. The number of hydrogen-bond donors (Lipinski definition) is 3. The van der Waals surface area contributed by atoms with E-state index in [9.17, 15) is 22.9 Å². The molecule has 0 saturated heterocycles. The number of ether oxygens (including phenoxy) is 1. The van der Waals surface area contributed by atoms with Gasteiger partial charge in [0, 0.05) is 35.2 Å². The van der Waals surface area contributed by atoms with Crippen LogP contribution < -0.4 is 10.1 Å². The number of nitrogens with one attached hydrogen (secondary N) is 2. The highest BCUT2D eigenvalue weighted by Crippen LogP contribution is 2.36. The first-order chi connectivity index (χ1) is 18.6. The number of aliphatic hydroxyl groups excluding tert-OH is 1. The number of carbonyl (C=O) groups is 1. The van der Waals surface area contributed by atoms with Gasteiger partial charge < -0.3 is 15.2 Å². The Hall–Kier alpha value is -4.48. The smallest absolute Gasteiger partial charge is 0.269 e. The molecule has 14 heteroatoms. The summed E-state index contributed by atoms with van der Waals surface area (Å²) >= 11 is 0. The first-order valence-corrected chi connectivity index (χ1v) is 13.0. The Morgan fingerprint density at radius 2 is 1.97 bits per heavy atom. The number of fused-ring (bicyclic) bond motifs is 1. The van der Waals surface area contributed by atoms with Crippen molar-refractivity contribution in [2.24, 2.45) is 0 Å². The van der Waals surface area contributed by atoms with E-state index in [-0.39, 0.29) is 40.9 Å². The molecule has 3 N–H and O–H groups in total. The molecule has 0 aliphatic carbocycles. The van der Waals surface area contributed by atoms with Crippen molar-refractivity contribution in [2.45, 2.75) is 17.1 Å². The van der Waals surface area contributed by atoms with E-state index < -0.39 is 60.9 Å². The number of rotatable bonds is 9. The summed E-state index contributed by atoms with van der Waals surface area (Å²) in [7, 11) is -3.27. The topological polar surface area (TPSA) is 158 Å². The van der Waals surface area contributed by atoms with Gasteiger partial charge in [-0.2, -0.15) is 10.4 Å². The molecule has 0 unspecified atom stereocenters. The minimum absolute atomic E-state index is 0.0631. The molecular formula is C25H20F3N5O5S. The third kappa shape index (κ3) is 5.27. The molecule has 2 heterocycles. The van der Waals surface area contributed by atoms with E-state index in [0.29, 0.717) is 12.5 Å². The highest BCUT2D eigenvalue weighted by molar-refractivity contribution is 7.90. The Bertz CT molecular complexity index is 1730. The van der Waals surface area contributed by atoms with Gasteiger partial charge in [-0.25, -0.2) is 26.6 Å². The van der Waals surface area contributed by atoms with Crippen LogP contribution in [0.4, 0.5) is 13.2 Å². The van der Waals surface area contributed by atoms with Crippen LogP contribution in [0.1, 0.15) is 28.0 Å². The highest BCUT2D eigenvalue weighted by Gasteiger charge is 2.27. The summed E-state index contributed by atoms with van der Waals surface area (Å²) in [5.74, 6) is -5.15. The second kappa shape index (κ2) is 11.1. The highest BCUT2D eigenvalue weighted by atomic mass is 32.2. The molecule has 10 nitrogen and oxygen atoms in total. The Labute approximate surface area is 220 Å². The van der Waals surface area contributed by atoms with E-state index in [4.69, 9.17) is 9.84 Å². The maximum atomic E-state index is 15.8. The van der Waals surface area contributed by atoms with Crippen molar-refractivity contribution in [3.05, 3.63) is 70.8 Å². The summed E-state index contributed by atoms with van der Waals surface area (Å²) in [4.78, 5) is 15.4. The predicted octanol–water partition coefficient (Wildman–Crippen LogP) is 3.01. The first kappa shape index (κ1) is 27.6. The van der Waals surface area contributed by atoms with Gasteiger partial charge in [-0.3, -0.25) is 9.89 Å². The van der Waals surface area contributed by atoms with Gasteiger partial charge in [-0.05, 0) is 24.6 Å². The average molecular weight is 560 g/mol.